The van der Waals surface area contributed by atoms with Gasteiger partial charge in [-0.25, -0.2) is 0 Å². The molecule has 98 valence electrons. The monoisotopic (exact) mass is 258 g/mol. The van der Waals surface area contributed by atoms with Gasteiger partial charge in [-0.1, -0.05) is 26.0 Å². The van der Waals surface area contributed by atoms with Crippen molar-refractivity contribution < 1.29 is 14.3 Å². The van der Waals surface area contributed by atoms with Gasteiger partial charge in [0.05, 0.1) is 12.4 Å². The lowest BCUT2D eigenvalue weighted by Crippen LogP contribution is -2.13. The SMILES string of the molecule is CCC=CCCOC(=O)CC(=O)CSCCC. The lowest BCUT2D eigenvalue weighted by atomic mass is 10.3. The minimum absolute atomic E-state index is 0.0439. The van der Waals surface area contributed by atoms with Crippen LogP contribution in [0.5, 0.6) is 0 Å². The molecule has 0 amide bonds. The summed E-state index contributed by atoms with van der Waals surface area (Å²) in [6.07, 6.45) is 6.67. The number of allylic oxidation sites excluding steroid dienone is 1. The zero-order valence-corrected chi connectivity index (χ0v) is 11.6. The van der Waals surface area contributed by atoms with Gasteiger partial charge in [0, 0.05) is 0 Å². The highest BCUT2D eigenvalue weighted by molar-refractivity contribution is 7.99. The smallest absolute Gasteiger partial charge is 0.313 e. The Morgan fingerprint density at radius 3 is 2.65 bits per heavy atom. The highest BCUT2D eigenvalue weighted by atomic mass is 32.2. The molecule has 0 aliphatic heterocycles. The minimum atomic E-state index is -0.406. The molecule has 0 bridgehead atoms. The van der Waals surface area contributed by atoms with Crippen molar-refractivity contribution in [3.63, 3.8) is 0 Å². The third-order valence-electron chi connectivity index (χ3n) is 1.90. The van der Waals surface area contributed by atoms with Crippen molar-refractivity contribution in [1.29, 1.82) is 0 Å². The Morgan fingerprint density at radius 1 is 1.24 bits per heavy atom. The summed E-state index contributed by atoms with van der Waals surface area (Å²) in [7, 11) is 0. The average molecular weight is 258 g/mol. The lowest BCUT2D eigenvalue weighted by molar-refractivity contribution is -0.145. The molecule has 0 spiro atoms. The van der Waals surface area contributed by atoms with Crippen molar-refractivity contribution in [3.8, 4) is 0 Å². The molecule has 0 atom stereocenters. The van der Waals surface area contributed by atoms with Crippen LogP contribution < -0.4 is 0 Å². The average Bonchev–Trinajstić information content (AvgIpc) is 2.29. The Kier molecular flexibility index (Phi) is 11.2. The predicted octanol–water partition coefficient (Wildman–Crippen LogP) is 2.99. The summed E-state index contributed by atoms with van der Waals surface area (Å²) in [5.74, 6) is 0.927. The van der Waals surface area contributed by atoms with E-state index in [0.29, 0.717) is 12.4 Å². The largest absolute Gasteiger partial charge is 0.465 e. The fourth-order valence-corrected chi connectivity index (χ4v) is 1.88. The quantitative estimate of drug-likeness (QED) is 0.261. The van der Waals surface area contributed by atoms with Crippen LogP contribution in [0.3, 0.4) is 0 Å². The molecule has 17 heavy (non-hydrogen) atoms. The van der Waals surface area contributed by atoms with Crippen molar-refractivity contribution in [2.75, 3.05) is 18.1 Å². The summed E-state index contributed by atoms with van der Waals surface area (Å²) in [5, 5.41) is 0. The van der Waals surface area contributed by atoms with Crippen LogP contribution in [0.25, 0.3) is 0 Å². The first-order valence-electron chi connectivity index (χ1n) is 6.10. The molecule has 3 nitrogen and oxygen atoms in total. The molecular weight excluding hydrogens is 236 g/mol. The lowest BCUT2D eigenvalue weighted by Gasteiger charge is -2.02. The number of hydrogen-bond donors (Lipinski definition) is 0. The van der Waals surface area contributed by atoms with Crippen LogP contribution in [0.2, 0.25) is 0 Å². The first kappa shape index (κ1) is 16.2. The third-order valence-corrected chi connectivity index (χ3v) is 3.13. The van der Waals surface area contributed by atoms with Crippen LogP contribution in [0.4, 0.5) is 0 Å². The van der Waals surface area contributed by atoms with E-state index < -0.39 is 5.97 Å². The van der Waals surface area contributed by atoms with Gasteiger partial charge in [-0.2, -0.15) is 11.8 Å². The van der Waals surface area contributed by atoms with Gasteiger partial charge in [-0.3, -0.25) is 9.59 Å². The Hall–Kier alpha value is -0.770. The van der Waals surface area contributed by atoms with E-state index in [1.54, 1.807) is 11.8 Å². The van der Waals surface area contributed by atoms with Gasteiger partial charge in [0.1, 0.15) is 6.42 Å². The molecule has 0 N–H and O–H groups in total. The maximum atomic E-state index is 11.3. The van der Waals surface area contributed by atoms with Crippen LogP contribution in [0.1, 0.15) is 39.5 Å². The number of thioether (sulfide) groups is 1. The molecule has 0 aromatic rings. The number of ketones is 1. The van der Waals surface area contributed by atoms with E-state index in [0.717, 1.165) is 25.0 Å². The van der Waals surface area contributed by atoms with E-state index >= 15 is 0 Å². The van der Waals surface area contributed by atoms with Crippen molar-refractivity contribution >= 4 is 23.5 Å². The molecule has 0 radical (unpaired) electrons. The third kappa shape index (κ3) is 11.5. The zero-order chi connectivity index (χ0) is 12.9. The highest BCUT2D eigenvalue weighted by Crippen LogP contribution is 2.04. The minimum Gasteiger partial charge on any atom is -0.465 e. The van der Waals surface area contributed by atoms with Crippen molar-refractivity contribution in [2.24, 2.45) is 0 Å². The summed E-state index contributed by atoms with van der Waals surface area (Å²) in [6.45, 7) is 4.48. The van der Waals surface area contributed by atoms with Crippen LogP contribution in [-0.4, -0.2) is 29.9 Å². The van der Waals surface area contributed by atoms with Gasteiger partial charge in [0.25, 0.3) is 0 Å². The molecule has 0 heterocycles. The number of esters is 1. The Balaban J connectivity index is 3.50. The van der Waals surface area contributed by atoms with E-state index in [4.69, 9.17) is 4.74 Å². The van der Waals surface area contributed by atoms with Gasteiger partial charge < -0.3 is 4.74 Å². The Labute approximate surface area is 108 Å². The number of ether oxygens (including phenoxy) is 1. The molecule has 0 saturated heterocycles. The summed E-state index contributed by atoms with van der Waals surface area (Å²) in [6, 6.07) is 0. The maximum absolute atomic E-state index is 11.3. The second-order valence-electron chi connectivity index (χ2n) is 3.66. The Morgan fingerprint density at radius 2 is 2.00 bits per heavy atom. The van der Waals surface area contributed by atoms with E-state index in [1.165, 1.54) is 0 Å². The molecule has 0 fully saturated rings. The van der Waals surface area contributed by atoms with E-state index in [1.807, 2.05) is 12.2 Å². The van der Waals surface area contributed by atoms with Crippen molar-refractivity contribution in [2.45, 2.75) is 39.5 Å². The number of Topliss-reactive ketones (excluding diaryl/α,β-unsaturated/α-hetero) is 1. The molecular formula is C13H22O3S. The van der Waals surface area contributed by atoms with E-state index in [9.17, 15) is 9.59 Å². The first-order chi connectivity index (χ1) is 8.20. The first-order valence-corrected chi connectivity index (χ1v) is 7.26. The number of carbonyl (C=O) groups is 2. The molecule has 0 saturated carbocycles. The van der Waals surface area contributed by atoms with Crippen molar-refractivity contribution in [1.82, 2.24) is 0 Å². The molecule has 0 aromatic carbocycles. The maximum Gasteiger partial charge on any atom is 0.313 e. The van der Waals surface area contributed by atoms with Crippen LogP contribution in [0, 0.1) is 0 Å². The molecule has 0 unspecified atom stereocenters. The summed E-state index contributed by atoms with van der Waals surface area (Å²) >= 11 is 1.57. The van der Waals surface area contributed by atoms with E-state index in [2.05, 4.69) is 13.8 Å². The standard InChI is InChI=1S/C13H22O3S/c1-3-5-6-7-8-16-13(15)10-12(14)11-17-9-4-2/h5-6H,3-4,7-11H2,1-2H3. The van der Waals surface area contributed by atoms with E-state index in [-0.39, 0.29) is 12.2 Å². The Bertz CT molecular complexity index is 249. The fraction of sp³-hybridized carbons (Fsp3) is 0.692. The van der Waals surface area contributed by atoms with Gasteiger partial charge in [0.2, 0.25) is 0 Å². The normalized spacial score (nSPS) is 10.7. The summed E-state index contributed by atoms with van der Waals surface area (Å²) < 4.78 is 4.95. The molecule has 0 rings (SSSR count). The molecule has 0 aliphatic rings. The zero-order valence-electron chi connectivity index (χ0n) is 10.7. The van der Waals surface area contributed by atoms with Crippen LogP contribution in [-0.2, 0) is 14.3 Å². The van der Waals surface area contributed by atoms with Gasteiger partial charge in [-0.15, -0.1) is 0 Å². The van der Waals surface area contributed by atoms with Gasteiger partial charge in [0.15, 0.2) is 5.78 Å². The van der Waals surface area contributed by atoms with Gasteiger partial charge in [-0.05, 0) is 25.0 Å². The highest BCUT2D eigenvalue weighted by Gasteiger charge is 2.09. The second kappa shape index (κ2) is 11.7. The molecule has 0 aliphatic carbocycles. The van der Waals surface area contributed by atoms with Crippen molar-refractivity contribution in [3.05, 3.63) is 12.2 Å². The topological polar surface area (TPSA) is 43.4 Å². The fourth-order valence-electron chi connectivity index (χ4n) is 1.12. The summed E-state index contributed by atoms with van der Waals surface area (Å²) in [5.41, 5.74) is 0. The number of rotatable bonds is 10. The predicted molar refractivity (Wildman–Crippen MR) is 72.2 cm³/mol. The van der Waals surface area contributed by atoms with Crippen LogP contribution in [0.15, 0.2) is 12.2 Å². The van der Waals surface area contributed by atoms with Crippen LogP contribution >= 0.6 is 11.8 Å². The second-order valence-corrected chi connectivity index (χ2v) is 4.76. The summed E-state index contributed by atoms with van der Waals surface area (Å²) in [4.78, 5) is 22.6. The molecule has 0 aromatic heterocycles. The number of carbonyl (C=O) groups excluding carboxylic acids is 2. The molecule has 4 heteroatoms. The van der Waals surface area contributed by atoms with Gasteiger partial charge >= 0.3 is 5.97 Å². The number of hydrogen-bond acceptors (Lipinski definition) is 4.